The molecule has 0 atom stereocenters. The van der Waals surface area contributed by atoms with Crippen molar-refractivity contribution in [1.82, 2.24) is 9.71 Å². The number of aromatic nitrogens is 1. The number of anilines is 1. The van der Waals surface area contributed by atoms with E-state index in [0.29, 0.717) is 5.69 Å². The predicted octanol–water partition coefficient (Wildman–Crippen LogP) is 1.59. The summed E-state index contributed by atoms with van der Waals surface area (Å²) >= 11 is 0. The van der Waals surface area contributed by atoms with Gasteiger partial charge in [-0.25, -0.2) is 17.5 Å². The number of sulfonamides is 1. The van der Waals surface area contributed by atoms with Crippen molar-refractivity contribution in [3.63, 3.8) is 0 Å². The van der Waals surface area contributed by atoms with Gasteiger partial charge in [-0.3, -0.25) is 4.98 Å². The molecule has 7 heteroatoms. The number of pyridine rings is 1. The van der Waals surface area contributed by atoms with Gasteiger partial charge in [0.2, 0.25) is 10.0 Å². The van der Waals surface area contributed by atoms with Crippen LogP contribution < -0.4 is 10.5 Å². The summed E-state index contributed by atoms with van der Waals surface area (Å²) in [6.07, 6.45) is 1.57. The molecule has 2 rings (SSSR count). The lowest BCUT2D eigenvalue weighted by molar-refractivity contribution is 0.579. The number of hydrogen-bond acceptors (Lipinski definition) is 4. The highest BCUT2D eigenvalue weighted by Crippen LogP contribution is 2.20. The van der Waals surface area contributed by atoms with Gasteiger partial charge in [-0.2, -0.15) is 0 Å². The van der Waals surface area contributed by atoms with Gasteiger partial charge in [0, 0.05) is 6.20 Å². The lowest BCUT2D eigenvalue weighted by atomic mass is 10.2. The van der Waals surface area contributed by atoms with Crippen LogP contribution >= 0.6 is 0 Å². The van der Waals surface area contributed by atoms with Crippen LogP contribution in [0.3, 0.4) is 0 Å². The topological polar surface area (TPSA) is 85.1 Å². The van der Waals surface area contributed by atoms with Crippen LogP contribution in [0.25, 0.3) is 0 Å². The molecule has 5 nitrogen and oxygen atoms in total. The molecule has 1 aromatic carbocycles. The van der Waals surface area contributed by atoms with Crippen LogP contribution in [-0.4, -0.2) is 13.4 Å². The summed E-state index contributed by atoms with van der Waals surface area (Å²) in [4.78, 5) is 3.95. The first-order chi connectivity index (χ1) is 9.40. The Balaban J connectivity index is 2.23. The number of halogens is 1. The maximum atomic E-state index is 13.4. The summed E-state index contributed by atoms with van der Waals surface area (Å²) in [6, 6.07) is 7.54. The lowest BCUT2D eigenvalue weighted by Gasteiger charge is -2.09. The van der Waals surface area contributed by atoms with Crippen LogP contribution in [0.15, 0.2) is 41.4 Å². The van der Waals surface area contributed by atoms with E-state index < -0.39 is 15.8 Å². The minimum absolute atomic E-state index is 0.0551. The quantitative estimate of drug-likeness (QED) is 0.839. The number of nitrogen functional groups attached to an aromatic ring is 1. The second-order valence-corrected chi connectivity index (χ2v) is 6.06. The summed E-state index contributed by atoms with van der Waals surface area (Å²) in [6.45, 7) is 1.52. The summed E-state index contributed by atoms with van der Waals surface area (Å²) in [5.41, 5.74) is 6.02. The molecule has 0 radical (unpaired) electrons. The molecular formula is C13H14FN3O2S. The zero-order valence-corrected chi connectivity index (χ0v) is 11.6. The van der Waals surface area contributed by atoms with E-state index in [1.54, 1.807) is 24.4 Å². The second-order valence-electron chi connectivity index (χ2n) is 4.29. The van der Waals surface area contributed by atoms with Gasteiger partial charge in [-0.1, -0.05) is 6.07 Å². The molecule has 0 fully saturated rings. The first kappa shape index (κ1) is 14.4. The molecule has 0 aliphatic heterocycles. The number of hydrogen-bond donors (Lipinski definition) is 2. The average Bonchev–Trinajstić information content (AvgIpc) is 2.43. The van der Waals surface area contributed by atoms with E-state index in [-0.39, 0.29) is 22.7 Å². The maximum absolute atomic E-state index is 13.4. The number of nitrogens with zero attached hydrogens (tertiary/aromatic N) is 1. The van der Waals surface area contributed by atoms with E-state index in [4.69, 9.17) is 5.73 Å². The van der Waals surface area contributed by atoms with E-state index in [0.717, 1.165) is 6.07 Å². The van der Waals surface area contributed by atoms with Crippen molar-refractivity contribution in [2.24, 2.45) is 0 Å². The Morgan fingerprint density at radius 2 is 2.10 bits per heavy atom. The lowest BCUT2D eigenvalue weighted by Crippen LogP contribution is -2.24. The number of rotatable bonds is 4. The molecule has 1 heterocycles. The summed E-state index contributed by atoms with van der Waals surface area (Å²) < 4.78 is 40.0. The Morgan fingerprint density at radius 3 is 2.70 bits per heavy atom. The zero-order chi connectivity index (χ0) is 14.8. The molecule has 0 bridgehead atoms. The van der Waals surface area contributed by atoms with Crippen LogP contribution in [0.1, 0.15) is 11.3 Å². The average molecular weight is 295 g/mol. The van der Waals surface area contributed by atoms with Gasteiger partial charge < -0.3 is 5.73 Å². The van der Waals surface area contributed by atoms with Crippen LogP contribution in [0.5, 0.6) is 0 Å². The van der Waals surface area contributed by atoms with Gasteiger partial charge in [0.25, 0.3) is 0 Å². The number of nitrogens with two attached hydrogens (primary N) is 1. The SMILES string of the molecule is Cc1cc(S(=O)(=O)NCc2ccccn2)cc(N)c1F. The largest absolute Gasteiger partial charge is 0.396 e. The highest BCUT2D eigenvalue weighted by molar-refractivity contribution is 7.89. The third kappa shape index (κ3) is 3.12. The van der Waals surface area contributed by atoms with Crippen LogP contribution in [0.4, 0.5) is 10.1 Å². The summed E-state index contributed by atoms with van der Waals surface area (Å²) in [5, 5.41) is 0. The van der Waals surface area contributed by atoms with Crippen molar-refractivity contribution in [2.45, 2.75) is 18.4 Å². The van der Waals surface area contributed by atoms with Gasteiger partial charge in [-0.15, -0.1) is 0 Å². The number of aryl methyl sites for hydroxylation is 1. The molecule has 0 saturated heterocycles. The van der Waals surface area contributed by atoms with E-state index in [2.05, 4.69) is 9.71 Å². The van der Waals surface area contributed by atoms with Crippen molar-refractivity contribution in [1.29, 1.82) is 0 Å². The molecule has 0 aliphatic carbocycles. The van der Waals surface area contributed by atoms with E-state index >= 15 is 0 Å². The maximum Gasteiger partial charge on any atom is 0.241 e. The predicted molar refractivity (Wildman–Crippen MR) is 73.8 cm³/mol. The minimum atomic E-state index is -3.76. The Kier molecular flexibility index (Phi) is 4.01. The Morgan fingerprint density at radius 1 is 1.35 bits per heavy atom. The molecule has 0 aliphatic rings. The molecule has 2 aromatic rings. The van der Waals surface area contributed by atoms with Gasteiger partial charge >= 0.3 is 0 Å². The Labute approximate surface area is 116 Å². The molecular weight excluding hydrogens is 281 g/mol. The molecule has 0 unspecified atom stereocenters. The number of benzene rings is 1. The van der Waals surface area contributed by atoms with Crippen molar-refractivity contribution in [3.05, 3.63) is 53.6 Å². The standard InChI is InChI=1S/C13H14FN3O2S/c1-9-6-11(7-12(15)13(9)14)20(18,19)17-8-10-4-2-3-5-16-10/h2-7,17H,8,15H2,1H3. The van der Waals surface area contributed by atoms with Crippen LogP contribution in [0, 0.1) is 12.7 Å². The third-order valence-corrected chi connectivity index (χ3v) is 4.12. The fraction of sp³-hybridized carbons (Fsp3) is 0.154. The minimum Gasteiger partial charge on any atom is -0.396 e. The van der Waals surface area contributed by atoms with Crippen molar-refractivity contribution < 1.29 is 12.8 Å². The Hall–Kier alpha value is -1.99. The molecule has 0 saturated carbocycles. The normalized spacial score (nSPS) is 11.5. The van der Waals surface area contributed by atoms with Crippen molar-refractivity contribution >= 4 is 15.7 Å². The monoisotopic (exact) mass is 295 g/mol. The molecule has 20 heavy (non-hydrogen) atoms. The highest BCUT2D eigenvalue weighted by atomic mass is 32.2. The molecule has 0 amide bonds. The molecule has 3 N–H and O–H groups in total. The fourth-order valence-electron chi connectivity index (χ4n) is 1.67. The Bertz CT molecular complexity index is 695. The first-order valence-corrected chi connectivity index (χ1v) is 7.33. The summed E-state index contributed by atoms with van der Waals surface area (Å²) in [7, 11) is -3.76. The highest BCUT2D eigenvalue weighted by Gasteiger charge is 2.17. The smallest absolute Gasteiger partial charge is 0.241 e. The number of nitrogens with one attached hydrogen (secondary N) is 1. The molecule has 106 valence electrons. The fourth-order valence-corrected chi connectivity index (χ4v) is 2.79. The third-order valence-electron chi connectivity index (χ3n) is 2.74. The van der Waals surface area contributed by atoms with Gasteiger partial charge in [0.1, 0.15) is 5.82 Å². The van der Waals surface area contributed by atoms with Gasteiger partial charge in [-0.05, 0) is 36.8 Å². The first-order valence-electron chi connectivity index (χ1n) is 5.85. The van der Waals surface area contributed by atoms with Gasteiger partial charge in [0.05, 0.1) is 22.8 Å². The molecule has 0 spiro atoms. The van der Waals surface area contributed by atoms with Crippen LogP contribution in [-0.2, 0) is 16.6 Å². The summed E-state index contributed by atoms with van der Waals surface area (Å²) in [5.74, 6) is -0.603. The van der Waals surface area contributed by atoms with Gasteiger partial charge in [0.15, 0.2) is 0 Å². The van der Waals surface area contributed by atoms with Crippen molar-refractivity contribution in [3.8, 4) is 0 Å². The molecule has 1 aromatic heterocycles. The second kappa shape index (κ2) is 5.56. The van der Waals surface area contributed by atoms with Crippen molar-refractivity contribution in [2.75, 3.05) is 5.73 Å². The zero-order valence-electron chi connectivity index (χ0n) is 10.8. The van der Waals surface area contributed by atoms with Crippen LogP contribution in [0.2, 0.25) is 0 Å². The van der Waals surface area contributed by atoms with E-state index in [1.165, 1.54) is 13.0 Å². The van der Waals surface area contributed by atoms with E-state index in [9.17, 15) is 12.8 Å². The van der Waals surface area contributed by atoms with E-state index in [1.807, 2.05) is 0 Å².